The first-order valence-electron chi connectivity index (χ1n) is 5.87. The van der Waals surface area contributed by atoms with Gasteiger partial charge < -0.3 is 10.1 Å². The van der Waals surface area contributed by atoms with Crippen LogP contribution in [0.15, 0.2) is 18.2 Å². The lowest BCUT2D eigenvalue weighted by Gasteiger charge is -2.14. The highest BCUT2D eigenvalue weighted by atomic mass is 35.5. The predicted molar refractivity (Wildman–Crippen MR) is 75.4 cm³/mol. The fraction of sp³-hybridized carbons (Fsp3) is 0.538. The van der Waals surface area contributed by atoms with Crippen LogP contribution in [-0.2, 0) is 6.42 Å². The predicted octanol–water partition coefficient (Wildman–Crippen LogP) is 2.98. The summed E-state index contributed by atoms with van der Waals surface area (Å²) in [5, 5.41) is 4.88. The fourth-order valence-corrected chi connectivity index (χ4v) is 2.41. The summed E-state index contributed by atoms with van der Waals surface area (Å²) in [4.78, 5) is 0. The van der Waals surface area contributed by atoms with Gasteiger partial charge in [0.25, 0.3) is 0 Å². The smallest absolute Gasteiger partial charge is 0.123 e. The van der Waals surface area contributed by atoms with E-state index in [4.69, 9.17) is 16.3 Å². The monoisotopic (exact) mass is 271 g/mol. The van der Waals surface area contributed by atoms with Crippen LogP contribution in [0.1, 0.15) is 12.5 Å². The van der Waals surface area contributed by atoms with Crippen LogP contribution in [0.4, 0.5) is 0 Å². The van der Waals surface area contributed by atoms with Crippen molar-refractivity contribution in [1.29, 1.82) is 0 Å². The third-order valence-electron chi connectivity index (χ3n) is 2.97. The van der Waals surface area contributed by atoms with Crippen LogP contribution in [0, 0.1) is 0 Å². The summed E-state index contributed by atoms with van der Waals surface area (Å²) in [5.41, 5.74) is 1.22. The van der Waals surface area contributed by atoms with Crippen LogP contribution in [0.3, 0.4) is 0 Å². The van der Waals surface area contributed by atoms with E-state index in [0.29, 0.717) is 5.25 Å². The molecular weight excluding hydrogens is 254 g/mol. The van der Waals surface area contributed by atoms with Gasteiger partial charge in [0, 0.05) is 29.8 Å². The van der Waals surface area contributed by atoms with Crippen LogP contribution in [0.2, 0.25) is 5.02 Å². The molecule has 0 bridgehead atoms. The Morgan fingerprint density at radius 2 is 2.41 bits per heavy atom. The first-order chi connectivity index (χ1) is 8.19. The molecule has 1 aromatic rings. The number of nitrogens with one attached hydrogen (secondary N) is 1. The second-order valence-corrected chi connectivity index (χ2v) is 6.11. The minimum Gasteiger partial charge on any atom is -0.488 e. The van der Waals surface area contributed by atoms with E-state index in [0.717, 1.165) is 30.3 Å². The molecule has 17 heavy (non-hydrogen) atoms. The fourth-order valence-electron chi connectivity index (χ4n) is 1.93. The lowest BCUT2D eigenvalue weighted by Crippen LogP contribution is -2.33. The number of halogens is 1. The molecule has 2 atom stereocenters. The molecule has 1 N–H and O–H groups in total. The van der Waals surface area contributed by atoms with E-state index in [1.165, 1.54) is 5.56 Å². The van der Waals surface area contributed by atoms with Gasteiger partial charge in [0.05, 0.1) is 0 Å². The van der Waals surface area contributed by atoms with Gasteiger partial charge in [-0.15, -0.1) is 0 Å². The van der Waals surface area contributed by atoms with Crippen LogP contribution >= 0.6 is 23.4 Å². The van der Waals surface area contributed by atoms with Gasteiger partial charge in [0.1, 0.15) is 11.9 Å². The van der Waals surface area contributed by atoms with E-state index in [1.807, 2.05) is 30.0 Å². The molecule has 1 heterocycles. The van der Waals surface area contributed by atoms with Gasteiger partial charge in [-0.3, -0.25) is 0 Å². The molecule has 2 rings (SSSR count). The van der Waals surface area contributed by atoms with E-state index < -0.39 is 0 Å². The molecule has 0 spiro atoms. The third kappa shape index (κ3) is 3.54. The molecule has 2 unspecified atom stereocenters. The highest BCUT2D eigenvalue weighted by Gasteiger charge is 2.22. The Labute approximate surface area is 112 Å². The Hall–Kier alpha value is -0.380. The van der Waals surface area contributed by atoms with Gasteiger partial charge in [-0.25, -0.2) is 0 Å². The van der Waals surface area contributed by atoms with Crippen molar-refractivity contribution in [3.63, 3.8) is 0 Å². The van der Waals surface area contributed by atoms with Crippen molar-refractivity contribution < 1.29 is 4.74 Å². The van der Waals surface area contributed by atoms with Gasteiger partial charge in [0.15, 0.2) is 0 Å². The van der Waals surface area contributed by atoms with Crippen molar-refractivity contribution in [2.45, 2.75) is 24.7 Å². The van der Waals surface area contributed by atoms with E-state index in [-0.39, 0.29) is 6.10 Å². The number of benzene rings is 1. The molecule has 4 heteroatoms. The van der Waals surface area contributed by atoms with Gasteiger partial charge >= 0.3 is 0 Å². The quantitative estimate of drug-likeness (QED) is 0.890. The summed E-state index contributed by atoms with van der Waals surface area (Å²) in [6.45, 7) is 4.15. The van der Waals surface area contributed by atoms with Crippen molar-refractivity contribution in [3.05, 3.63) is 28.8 Å². The SMILES string of the molecule is CSC(C)CNCC1Cc2cc(Cl)ccc2O1. The van der Waals surface area contributed by atoms with E-state index in [1.54, 1.807) is 0 Å². The zero-order valence-electron chi connectivity index (χ0n) is 10.2. The summed E-state index contributed by atoms with van der Waals surface area (Å²) in [5.74, 6) is 0.985. The molecule has 0 fully saturated rings. The molecule has 0 radical (unpaired) electrons. The molecule has 0 aromatic heterocycles. The van der Waals surface area contributed by atoms with E-state index >= 15 is 0 Å². The van der Waals surface area contributed by atoms with Gasteiger partial charge in [-0.2, -0.15) is 11.8 Å². The molecule has 1 aliphatic heterocycles. The second kappa shape index (κ2) is 5.98. The minimum absolute atomic E-state index is 0.248. The summed E-state index contributed by atoms with van der Waals surface area (Å²) in [6.07, 6.45) is 3.34. The summed E-state index contributed by atoms with van der Waals surface area (Å²) < 4.78 is 5.85. The van der Waals surface area contributed by atoms with Crippen molar-refractivity contribution >= 4 is 23.4 Å². The molecule has 0 aliphatic carbocycles. The number of ether oxygens (including phenoxy) is 1. The Balaban J connectivity index is 1.80. The summed E-state index contributed by atoms with van der Waals surface area (Å²) >= 11 is 7.84. The number of fused-ring (bicyclic) bond motifs is 1. The average Bonchev–Trinajstić information content (AvgIpc) is 2.70. The van der Waals surface area contributed by atoms with Crippen molar-refractivity contribution in [2.75, 3.05) is 19.3 Å². The zero-order chi connectivity index (χ0) is 12.3. The standard InChI is InChI=1S/C13H18ClNOS/c1-9(17-2)7-15-8-12-6-10-5-11(14)3-4-13(10)16-12/h3-5,9,12,15H,6-8H2,1-2H3. The van der Waals surface area contributed by atoms with Gasteiger partial charge in [-0.1, -0.05) is 18.5 Å². The van der Waals surface area contributed by atoms with Gasteiger partial charge in [-0.05, 0) is 30.0 Å². The van der Waals surface area contributed by atoms with Crippen molar-refractivity contribution in [2.24, 2.45) is 0 Å². The second-order valence-electron chi connectivity index (χ2n) is 4.40. The lowest BCUT2D eigenvalue weighted by atomic mass is 10.1. The first kappa shape index (κ1) is 13.1. The maximum Gasteiger partial charge on any atom is 0.123 e. The molecule has 0 amide bonds. The Kier molecular flexibility index (Phi) is 4.60. The highest BCUT2D eigenvalue weighted by molar-refractivity contribution is 7.99. The van der Waals surface area contributed by atoms with Crippen LogP contribution in [0.5, 0.6) is 5.75 Å². The maximum absolute atomic E-state index is 5.96. The minimum atomic E-state index is 0.248. The lowest BCUT2D eigenvalue weighted by molar-refractivity contribution is 0.228. The molecule has 1 aliphatic rings. The molecule has 2 nitrogen and oxygen atoms in total. The van der Waals surface area contributed by atoms with E-state index in [2.05, 4.69) is 18.5 Å². The Morgan fingerprint density at radius 3 is 3.18 bits per heavy atom. The van der Waals surface area contributed by atoms with Crippen molar-refractivity contribution in [3.8, 4) is 5.75 Å². The van der Waals surface area contributed by atoms with Crippen LogP contribution in [0.25, 0.3) is 0 Å². The maximum atomic E-state index is 5.96. The summed E-state index contributed by atoms with van der Waals surface area (Å²) in [6, 6.07) is 5.84. The molecule has 0 saturated heterocycles. The molecular formula is C13H18ClNOS. The largest absolute Gasteiger partial charge is 0.488 e. The molecule has 0 saturated carbocycles. The molecule has 1 aromatic carbocycles. The zero-order valence-corrected chi connectivity index (χ0v) is 11.8. The van der Waals surface area contributed by atoms with Crippen LogP contribution < -0.4 is 10.1 Å². The highest BCUT2D eigenvalue weighted by Crippen LogP contribution is 2.30. The van der Waals surface area contributed by atoms with Crippen molar-refractivity contribution in [1.82, 2.24) is 5.32 Å². The van der Waals surface area contributed by atoms with Crippen LogP contribution in [-0.4, -0.2) is 30.7 Å². The van der Waals surface area contributed by atoms with Gasteiger partial charge in [0.2, 0.25) is 0 Å². The first-order valence-corrected chi connectivity index (χ1v) is 7.54. The van der Waals surface area contributed by atoms with E-state index in [9.17, 15) is 0 Å². The number of hydrogen-bond donors (Lipinski definition) is 1. The average molecular weight is 272 g/mol. The Morgan fingerprint density at radius 1 is 1.59 bits per heavy atom. The summed E-state index contributed by atoms with van der Waals surface area (Å²) in [7, 11) is 0. The normalized spacial score (nSPS) is 19.8. The number of thioether (sulfide) groups is 1. The topological polar surface area (TPSA) is 21.3 Å². The number of hydrogen-bond acceptors (Lipinski definition) is 3. The molecule has 94 valence electrons. The third-order valence-corrected chi connectivity index (χ3v) is 4.18. The number of rotatable bonds is 5. The Bertz CT molecular complexity index is 386.